The molecule has 0 aliphatic heterocycles. The van der Waals surface area contributed by atoms with E-state index in [1.165, 1.54) is 24.3 Å². The first-order valence-electron chi connectivity index (χ1n) is 6.97. The number of rotatable bonds is 3. The summed E-state index contributed by atoms with van der Waals surface area (Å²) in [6, 6.07) is 10.9. The van der Waals surface area contributed by atoms with E-state index in [9.17, 15) is 14.0 Å². The quantitative estimate of drug-likeness (QED) is 0.855. The maximum Gasteiger partial charge on any atom is 0.314 e. The molecule has 0 unspecified atom stereocenters. The largest absolute Gasteiger partial charge is 0.318 e. The number of benzene rings is 2. The van der Waals surface area contributed by atoms with Gasteiger partial charge in [0, 0.05) is 11.4 Å². The van der Waals surface area contributed by atoms with Crippen molar-refractivity contribution in [2.45, 2.75) is 20.3 Å². The Kier molecular flexibility index (Phi) is 4.88. The van der Waals surface area contributed by atoms with Crippen molar-refractivity contribution in [3.63, 3.8) is 0 Å². The second kappa shape index (κ2) is 6.85. The first-order chi connectivity index (χ1) is 10.5. The number of carbonyl (C=O) groups is 2. The van der Waals surface area contributed by atoms with Gasteiger partial charge in [0.2, 0.25) is 0 Å². The lowest BCUT2D eigenvalue weighted by Crippen LogP contribution is -2.29. The molecule has 0 atom stereocenters. The lowest BCUT2D eigenvalue weighted by molar-refractivity contribution is -0.133. The molecule has 2 aromatic carbocycles. The van der Waals surface area contributed by atoms with E-state index < -0.39 is 17.6 Å². The SMILES string of the molecule is CCc1cccc(C)c1NC(=O)C(=O)Nc1ccc(F)cc1. The van der Waals surface area contributed by atoms with Crippen LogP contribution in [0.15, 0.2) is 42.5 Å². The van der Waals surface area contributed by atoms with Crippen molar-refractivity contribution >= 4 is 23.2 Å². The molecule has 22 heavy (non-hydrogen) atoms. The van der Waals surface area contributed by atoms with Crippen molar-refractivity contribution in [3.05, 3.63) is 59.4 Å². The molecular weight excluding hydrogens is 283 g/mol. The van der Waals surface area contributed by atoms with Gasteiger partial charge in [0.1, 0.15) is 5.82 Å². The van der Waals surface area contributed by atoms with Crippen molar-refractivity contribution in [1.29, 1.82) is 0 Å². The smallest absolute Gasteiger partial charge is 0.314 e. The minimum atomic E-state index is -0.795. The van der Waals surface area contributed by atoms with E-state index >= 15 is 0 Å². The summed E-state index contributed by atoms with van der Waals surface area (Å²) in [4.78, 5) is 23.9. The number of halogens is 1. The van der Waals surface area contributed by atoms with Crippen LogP contribution in [0.5, 0.6) is 0 Å². The third-order valence-corrected chi connectivity index (χ3v) is 3.29. The highest BCUT2D eigenvalue weighted by atomic mass is 19.1. The van der Waals surface area contributed by atoms with E-state index in [4.69, 9.17) is 0 Å². The molecule has 2 rings (SSSR count). The van der Waals surface area contributed by atoms with Crippen LogP contribution in [-0.4, -0.2) is 11.8 Å². The molecule has 114 valence electrons. The molecule has 0 heterocycles. The Bertz CT molecular complexity index is 696. The molecule has 0 aliphatic carbocycles. The first kappa shape index (κ1) is 15.7. The molecule has 5 heteroatoms. The third-order valence-electron chi connectivity index (χ3n) is 3.29. The molecule has 2 N–H and O–H groups in total. The van der Waals surface area contributed by atoms with Crippen molar-refractivity contribution < 1.29 is 14.0 Å². The van der Waals surface area contributed by atoms with Gasteiger partial charge >= 0.3 is 11.8 Å². The predicted octanol–water partition coefficient (Wildman–Crippen LogP) is 3.27. The molecule has 4 nitrogen and oxygen atoms in total. The fraction of sp³-hybridized carbons (Fsp3) is 0.176. The zero-order valence-electron chi connectivity index (χ0n) is 12.4. The molecular formula is C17H17FN2O2. The third kappa shape index (κ3) is 3.69. The van der Waals surface area contributed by atoms with Crippen LogP contribution in [0.25, 0.3) is 0 Å². The maximum absolute atomic E-state index is 12.8. The van der Waals surface area contributed by atoms with Gasteiger partial charge in [-0.1, -0.05) is 25.1 Å². The highest BCUT2D eigenvalue weighted by Gasteiger charge is 2.16. The second-order valence-corrected chi connectivity index (χ2v) is 4.88. The summed E-state index contributed by atoms with van der Waals surface area (Å²) in [5.41, 5.74) is 2.87. The van der Waals surface area contributed by atoms with Crippen LogP contribution in [0.1, 0.15) is 18.1 Å². The molecule has 0 saturated carbocycles. The van der Waals surface area contributed by atoms with Crippen molar-refractivity contribution in [3.8, 4) is 0 Å². The Hall–Kier alpha value is -2.69. The fourth-order valence-corrected chi connectivity index (χ4v) is 2.09. The highest BCUT2D eigenvalue weighted by molar-refractivity contribution is 6.43. The number of amides is 2. The monoisotopic (exact) mass is 300 g/mol. The van der Waals surface area contributed by atoms with E-state index in [2.05, 4.69) is 10.6 Å². The summed E-state index contributed by atoms with van der Waals surface area (Å²) in [5, 5.41) is 5.06. The first-order valence-corrected chi connectivity index (χ1v) is 6.97. The molecule has 0 spiro atoms. The van der Waals surface area contributed by atoms with Gasteiger partial charge in [-0.15, -0.1) is 0 Å². The van der Waals surface area contributed by atoms with Gasteiger partial charge in [-0.3, -0.25) is 9.59 Å². The summed E-state index contributed by atoms with van der Waals surface area (Å²) < 4.78 is 12.8. The van der Waals surface area contributed by atoms with Gasteiger partial charge in [-0.25, -0.2) is 4.39 Å². The van der Waals surface area contributed by atoms with Gasteiger partial charge in [-0.05, 0) is 48.7 Å². The van der Waals surface area contributed by atoms with Crippen LogP contribution in [0, 0.1) is 12.7 Å². The summed E-state index contributed by atoms with van der Waals surface area (Å²) in [7, 11) is 0. The van der Waals surface area contributed by atoms with Crippen molar-refractivity contribution in [1.82, 2.24) is 0 Å². The zero-order valence-corrected chi connectivity index (χ0v) is 12.4. The van der Waals surface area contributed by atoms with E-state index in [0.717, 1.165) is 17.5 Å². The molecule has 0 bridgehead atoms. The lowest BCUT2D eigenvalue weighted by atomic mass is 10.1. The van der Waals surface area contributed by atoms with E-state index in [1.807, 2.05) is 32.0 Å². The zero-order chi connectivity index (χ0) is 16.1. The maximum atomic E-state index is 12.8. The number of anilines is 2. The molecule has 0 radical (unpaired) electrons. The topological polar surface area (TPSA) is 58.2 Å². The van der Waals surface area contributed by atoms with Crippen LogP contribution >= 0.6 is 0 Å². The predicted molar refractivity (Wildman–Crippen MR) is 84.2 cm³/mol. The minimum absolute atomic E-state index is 0.363. The van der Waals surface area contributed by atoms with Crippen LogP contribution in [0.2, 0.25) is 0 Å². The van der Waals surface area contributed by atoms with E-state index in [0.29, 0.717) is 11.4 Å². The normalized spacial score (nSPS) is 10.1. The van der Waals surface area contributed by atoms with Crippen LogP contribution in [-0.2, 0) is 16.0 Å². The summed E-state index contributed by atoms with van der Waals surface area (Å²) >= 11 is 0. The second-order valence-electron chi connectivity index (χ2n) is 4.88. The van der Waals surface area contributed by atoms with Crippen LogP contribution < -0.4 is 10.6 Å². The molecule has 0 fully saturated rings. The average Bonchev–Trinajstić information content (AvgIpc) is 2.51. The Morgan fingerprint density at radius 2 is 1.64 bits per heavy atom. The van der Waals surface area contributed by atoms with Crippen LogP contribution in [0.3, 0.4) is 0 Å². The molecule has 2 aromatic rings. The van der Waals surface area contributed by atoms with Gasteiger partial charge < -0.3 is 10.6 Å². The number of aryl methyl sites for hydroxylation is 2. The van der Waals surface area contributed by atoms with Gasteiger partial charge in [-0.2, -0.15) is 0 Å². The summed E-state index contributed by atoms with van der Waals surface area (Å²) in [6.07, 6.45) is 0.747. The summed E-state index contributed by atoms with van der Waals surface area (Å²) in [6.45, 7) is 3.84. The highest BCUT2D eigenvalue weighted by Crippen LogP contribution is 2.21. The average molecular weight is 300 g/mol. The minimum Gasteiger partial charge on any atom is -0.318 e. The van der Waals surface area contributed by atoms with Gasteiger partial charge in [0.25, 0.3) is 0 Å². The Morgan fingerprint density at radius 1 is 1.00 bits per heavy atom. The van der Waals surface area contributed by atoms with Gasteiger partial charge in [0.05, 0.1) is 0 Å². The molecule has 0 aromatic heterocycles. The van der Waals surface area contributed by atoms with E-state index in [-0.39, 0.29) is 0 Å². The Balaban J connectivity index is 2.09. The fourth-order valence-electron chi connectivity index (χ4n) is 2.09. The number of nitrogens with one attached hydrogen (secondary N) is 2. The number of hydrogen-bond acceptors (Lipinski definition) is 2. The standard InChI is InChI=1S/C17H17FN2O2/c1-3-12-6-4-5-11(2)15(12)20-17(22)16(21)19-14-9-7-13(18)8-10-14/h4-10H,3H2,1-2H3,(H,19,21)(H,20,22). The van der Waals surface area contributed by atoms with Crippen LogP contribution in [0.4, 0.5) is 15.8 Å². The van der Waals surface area contributed by atoms with E-state index in [1.54, 1.807) is 0 Å². The number of hydrogen-bond donors (Lipinski definition) is 2. The van der Waals surface area contributed by atoms with Crippen molar-refractivity contribution in [2.75, 3.05) is 10.6 Å². The molecule has 0 saturated heterocycles. The Morgan fingerprint density at radius 3 is 2.27 bits per heavy atom. The molecule has 2 amide bonds. The number of carbonyl (C=O) groups excluding carboxylic acids is 2. The summed E-state index contributed by atoms with van der Waals surface area (Å²) in [5.74, 6) is -1.96. The lowest BCUT2D eigenvalue weighted by Gasteiger charge is -2.12. The Labute approximate surface area is 128 Å². The van der Waals surface area contributed by atoms with Gasteiger partial charge in [0.15, 0.2) is 0 Å². The van der Waals surface area contributed by atoms with Crippen molar-refractivity contribution in [2.24, 2.45) is 0 Å². The number of para-hydroxylation sites is 1. The molecule has 0 aliphatic rings.